The molecule has 1 aromatic rings. The van der Waals surface area contributed by atoms with Crippen LogP contribution in [-0.2, 0) is 21.4 Å². The van der Waals surface area contributed by atoms with Crippen molar-refractivity contribution in [1.29, 1.82) is 0 Å². The summed E-state index contributed by atoms with van der Waals surface area (Å²) in [4.78, 5) is 12.1. The van der Waals surface area contributed by atoms with Crippen LogP contribution < -0.4 is 0 Å². The van der Waals surface area contributed by atoms with Crippen LogP contribution in [0.2, 0.25) is 0 Å². The summed E-state index contributed by atoms with van der Waals surface area (Å²) in [5.41, 5.74) is 1.07. The normalized spacial score (nSPS) is 21.3. The van der Waals surface area contributed by atoms with E-state index in [1.54, 1.807) is 13.8 Å². The lowest BCUT2D eigenvalue weighted by atomic mass is 9.95. The fourth-order valence-electron chi connectivity index (χ4n) is 2.21. The van der Waals surface area contributed by atoms with E-state index in [2.05, 4.69) is 0 Å². The molecule has 1 amide bonds. The van der Waals surface area contributed by atoms with Gasteiger partial charge in [-0.25, -0.2) is 12.7 Å². The summed E-state index contributed by atoms with van der Waals surface area (Å²) in [7, 11) is -3.47. The van der Waals surface area contributed by atoms with Gasteiger partial charge in [0.1, 0.15) is 0 Å². The summed E-state index contributed by atoms with van der Waals surface area (Å²) in [6.45, 7) is 5.41. The third-order valence-electron chi connectivity index (χ3n) is 3.09. The maximum atomic E-state index is 12.1. The predicted molar refractivity (Wildman–Crippen MR) is 69.3 cm³/mol. The maximum Gasteiger partial charge on any atom is 0.243 e. The SMILES string of the molecule is Cc1cccc(CN2C(=O)C(C)(C)CS2(=O)=O)c1. The Balaban J connectivity index is 2.32. The monoisotopic (exact) mass is 267 g/mol. The van der Waals surface area contributed by atoms with Crippen LogP contribution in [0.1, 0.15) is 25.0 Å². The third-order valence-corrected chi connectivity index (χ3v) is 5.15. The van der Waals surface area contributed by atoms with Gasteiger partial charge in [0.05, 0.1) is 17.7 Å². The first kappa shape index (κ1) is 13.1. The molecule has 0 aromatic heterocycles. The average Bonchev–Trinajstić information content (AvgIpc) is 2.37. The molecule has 5 heteroatoms. The zero-order valence-corrected chi connectivity index (χ0v) is 11.6. The number of hydrogen-bond donors (Lipinski definition) is 0. The Morgan fingerprint density at radius 2 is 2.00 bits per heavy atom. The number of hydrogen-bond acceptors (Lipinski definition) is 3. The lowest BCUT2D eigenvalue weighted by Crippen LogP contribution is -2.32. The van der Waals surface area contributed by atoms with E-state index in [0.717, 1.165) is 15.4 Å². The van der Waals surface area contributed by atoms with Crippen LogP contribution in [0.5, 0.6) is 0 Å². The minimum Gasteiger partial charge on any atom is -0.273 e. The molecule has 0 aliphatic carbocycles. The van der Waals surface area contributed by atoms with Gasteiger partial charge in [0.25, 0.3) is 0 Å². The van der Waals surface area contributed by atoms with Gasteiger partial charge in [0.15, 0.2) is 0 Å². The highest BCUT2D eigenvalue weighted by molar-refractivity contribution is 7.90. The molecule has 0 radical (unpaired) electrons. The van der Waals surface area contributed by atoms with Gasteiger partial charge in [-0.05, 0) is 26.3 Å². The van der Waals surface area contributed by atoms with Crippen molar-refractivity contribution < 1.29 is 13.2 Å². The summed E-state index contributed by atoms with van der Waals surface area (Å²) in [6.07, 6.45) is 0. The number of benzene rings is 1. The van der Waals surface area contributed by atoms with Crippen LogP contribution in [0.25, 0.3) is 0 Å². The molecule has 98 valence electrons. The standard InChI is InChI=1S/C13H17NO3S/c1-10-5-4-6-11(7-10)8-14-12(15)13(2,3)9-18(14,16)17/h4-7H,8-9H2,1-3H3. The van der Waals surface area contributed by atoms with Gasteiger partial charge in [0, 0.05) is 0 Å². The van der Waals surface area contributed by atoms with Crippen LogP contribution in [0.3, 0.4) is 0 Å². The molecule has 1 aliphatic heterocycles. The molecule has 4 nitrogen and oxygen atoms in total. The van der Waals surface area contributed by atoms with Gasteiger partial charge < -0.3 is 0 Å². The summed E-state index contributed by atoms with van der Waals surface area (Å²) < 4.78 is 25.0. The van der Waals surface area contributed by atoms with Crippen molar-refractivity contribution in [2.24, 2.45) is 5.41 Å². The Labute approximate surface area is 108 Å². The van der Waals surface area contributed by atoms with Gasteiger partial charge >= 0.3 is 0 Å². The van der Waals surface area contributed by atoms with E-state index in [4.69, 9.17) is 0 Å². The molecule has 1 fully saturated rings. The van der Waals surface area contributed by atoms with Crippen molar-refractivity contribution in [3.05, 3.63) is 35.4 Å². The number of carbonyl (C=O) groups excluding carboxylic acids is 1. The zero-order valence-electron chi connectivity index (χ0n) is 10.8. The lowest BCUT2D eigenvalue weighted by Gasteiger charge is -2.17. The molecule has 0 N–H and O–H groups in total. The van der Waals surface area contributed by atoms with Crippen LogP contribution in [-0.4, -0.2) is 24.4 Å². The van der Waals surface area contributed by atoms with E-state index < -0.39 is 15.4 Å². The van der Waals surface area contributed by atoms with E-state index in [-0.39, 0.29) is 18.2 Å². The average molecular weight is 267 g/mol. The summed E-state index contributed by atoms with van der Waals surface area (Å²) >= 11 is 0. The smallest absolute Gasteiger partial charge is 0.243 e. The van der Waals surface area contributed by atoms with Crippen molar-refractivity contribution in [1.82, 2.24) is 4.31 Å². The van der Waals surface area contributed by atoms with Crippen molar-refractivity contribution in [3.63, 3.8) is 0 Å². The quantitative estimate of drug-likeness (QED) is 0.819. The van der Waals surface area contributed by atoms with Crippen molar-refractivity contribution in [2.75, 3.05) is 5.75 Å². The predicted octanol–water partition coefficient (Wildman–Crippen LogP) is 1.69. The number of rotatable bonds is 2. The molecule has 0 unspecified atom stereocenters. The second-order valence-electron chi connectivity index (χ2n) is 5.44. The van der Waals surface area contributed by atoms with E-state index in [1.807, 2.05) is 31.2 Å². The van der Waals surface area contributed by atoms with Crippen molar-refractivity contribution in [2.45, 2.75) is 27.3 Å². The van der Waals surface area contributed by atoms with Gasteiger partial charge in [-0.2, -0.15) is 0 Å². The Hall–Kier alpha value is -1.36. The topological polar surface area (TPSA) is 54.5 Å². The molecule has 0 spiro atoms. The Kier molecular flexibility index (Phi) is 2.97. The molecule has 0 atom stereocenters. The first-order valence-electron chi connectivity index (χ1n) is 5.83. The highest BCUT2D eigenvalue weighted by atomic mass is 32.2. The molecule has 1 aliphatic rings. The Morgan fingerprint density at radius 3 is 2.50 bits per heavy atom. The largest absolute Gasteiger partial charge is 0.273 e. The van der Waals surface area contributed by atoms with E-state index in [1.165, 1.54) is 0 Å². The second kappa shape index (κ2) is 4.09. The summed E-state index contributed by atoms with van der Waals surface area (Å²) in [5.74, 6) is -0.422. The highest BCUT2D eigenvalue weighted by Crippen LogP contribution is 2.32. The number of aryl methyl sites for hydroxylation is 1. The molecule has 1 heterocycles. The lowest BCUT2D eigenvalue weighted by molar-refractivity contribution is -0.132. The fraction of sp³-hybridized carbons (Fsp3) is 0.462. The van der Waals surface area contributed by atoms with Gasteiger partial charge in [-0.1, -0.05) is 29.8 Å². The minimum atomic E-state index is -3.47. The van der Waals surface area contributed by atoms with Crippen LogP contribution in [0.4, 0.5) is 0 Å². The molecule has 0 bridgehead atoms. The fourth-order valence-corrected chi connectivity index (χ4v) is 4.24. The second-order valence-corrected chi connectivity index (χ2v) is 7.33. The molecule has 0 saturated carbocycles. The first-order valence-corrected chi connectivity index (χ1v) is 7.44. The van der Waals surface area contributed by atoms with Crippen molar-refractivity contribution in [3.8, 4) is 0 Å². The van der Waals surface area contributed by atoms with Crippen LogP contribution in [0, 0.1) is 12.3 Å². The Bertz CT molecular complexity index is 590. The summed E-state index contributed by atoms with van der Waals surface area (Å²) in [5, 5.41) is 0. The number of carbonyl (C=O) groups is 1. The van der Waals surface area contributed by atoms with Crippen LogP contribution >= 0.6 is 0 Å². The number of amides is 1. The number of sulfonamides is 1. The van der Waals surface area contributed by atoms with Crippen LogP contribution in [0.15, 0.2) is 24.3 Å². The molecule has 18 heavy (non-hydrogen) atoms. The number of nitrogens with zero attached hydrogens (tertiary/aromatic N) is 1. The molecule has 1 aromatic carbocycles. The van der Waals surface area contributed by atoms with Gasteiger partial charge in [-0.3, -0.25) is 4.79 Å². The van der Waals surface area contributed by atoms with Gasteiger partial charge in [0.2, 0.25) is 15.9 Å². The minimum absolute atomic E-state index is 0.106. The molecular weight excluding hydrogens is 250 g/mol. The highest BCUT2D eigenvalue weighted by Gasteiger charge is 2.48. The van der Waals surface area contributed by atoms with E-state index in [9.17, 15) is 13.2 Å². The third kappa shape index (κ3) is 2.27. The van der Waals surface area contributed by atoms with E-state index in [0.29, 0.717) is 0 Å². The Morgan fingerprint density at radius 1 is 1.33 bits per heavy atom. The molecular formula is C13H17NO3S. The molecule has 1 saturated heterocycles. The molecule has 2 rings (SSSR count). The zero-order chi connectivity index (χ0) is 13.6. The van der Waals surface area contributed by atoms with Crippen molar-refractivity contribution >= 4 is 15.9 Å². The summed E-state index contributed by atoms with van der Waals surface area (Å²) in [6, 6.07) is 7.53. The van der Waals surface area contributed by atoms with Gasteiger partial charge in [-0.15, -0.1) is 0 Å². The maximum absolute atomic E-state index is 12.1. The van der Waals surface area contributed by atoms with E-state index >= 15 is 0 Å². The first-order chi connectivity index (χ1) is 8.22.